The number of aromatic nitrogens is 3. The zero-order valence-corrected chi connectivity index (χ0v) is 17.1. The topological polar surface area (TPSA) is 97.0 Å². The van der Waals surface area contributed by atoms with Gasteiger partial charge >= 0.3 is 0 Å². The summed E-state index contributed by atoms with van der Waals surface area (Å²) in [5, 5.41) is 7.09. The molecule has 32 heavy (non-hydrogen) atoms. The lowest BCUT2D eigenvalue weighted by Gasteiger charge is -2.10. The first-order valence-corrected chi connectivity index (χ1v) is 10.4. The molecule has 2 aromatic heterocycles. The van der Waals surface area contributed by atoms with Crippen molar-refractivity contribution >= 4 is 26.7 Å². The minimum absolute atomic E-state index is 0.276. The van der Waals surface area contributed by atoms with Crippen molar-refractivity contribution in [3.63, 3.8) is 0 Å². The number of sulfonamides is 1. The molecule has 2 aromatic carbocycles. The summed E-state index contributed by atoms with van der Waals surface area (Å²) in [6, 6.07) is 7.91. The normalized spacial score (nSPS) is 11.1. The highest BCUT2D eigenvalue weighted by Gasteiger charge is 2.22. The standard InChI is InChI=1S/C21H13F3N4O3S/c1-31-21-14-10-12(11-25-20(14)26-27-21)6-7-13-15(22)8-9-17(19(13)24)28-32(29,30)18-5-3-2-4-16(18)23/h2-5,8-11,28H,1H3,(H,25,26,27). The van der Waals surface area contributed by atoms with Crippen molar-refractivity contribution in [1.82, 2.24) is 15.2 Å². The summed E-state index contributed by atoms with van der Waals surface area (Å²) in [7, 11) is -3.04. The number of benzene rings is 2. The van der Waals surface area contributed by atoms with Gasteiger partial charge in [0.1, 0.15) is 16.5 Å². The molecule has 11 heteroatoms. The molecular formula is C21H13F3N4O3S. The van der Waals surface area contributed by atoms with Gasteiger partial charge in [0.15, 0.2) is 11.5 Å². The molecule has 0 saturated heterocycles. The lowest BCUT2D eigenvalue weighted by molar-refractivity contribution is 0.401. The van der Waals surface area contributed by atoms with E-state index in [-0.39, 0.29) is 5.88 Å². The Balaban J connectivity index is 1.70. The zero-order chi connectivity index (χ0) is 22.9. The second-order valence-corrected chi connectivity index (χ2v) is 8.07. The fourth-order valence-electron chi connectivity index (χ4n) is 2.85. The Morgan fingerprint density at radius 1 is 1.06 bits per heavy atom. The van der Waals surface area contributed by atoms with Crippen molar-refractivity contribution in [1.29, 1.82) is 0 Å². The number of halogens is 3. The number of H-pyrrole nitrogens is 1. The summed E-state index contributed by atoms with van der Waals surface area (Å²) < 4.78 is 74.9. The number of nitrogens with one attached hydrogen (secondary N) is 2. The van der Waals surface area contributed by atoms with E-state index >= 15 is 0 Å². The Hall–Kier alpha value is -4.04. The number of methoxy groups -OCH3 is 1. The number of hydrogen-bond donors (Lipinski definition) is 2. The average Bonchev–Trinajstić information content (AvgIpc) is 3.18. The molecule has 0 bridgehead atoms. The predicted octanol–water partition coefficient (Wildman–Crippen LogP) is 3.58. The van der Waals surface area contributed by atoms with E-state index in [4.69, 9.17) is 4.74 Å². The van der Waals surface area contributed by atoms with E-state index in [1.165, 1.54) is 25.4 Å². The third kappa shape index (κ3) is 3.95. The lowest BCUT2D eigenvalue weighted by atomic mass is 10.1. The maximum atomic E-state index is 14.9. The monoisotopic (exact) mass is 458 g/mol. The summed E-state index contributed by atoms with van der Waals surface area (Å²) >= 11 is 0. The number of anilines is 1. The van der Waals surface area contributed by atoms with Crippen molar-refractivity contribution < 1.29 is 26.3 Å². The molecule has 0 unspecified atom stereocenters. The number of aromatic amines is 1. The molecule has 0 spiro atoms. The predicted molar refractivity (Wildman–Crippen MR) is 110 cm³/mol. The fraction of sp³-hybridized carbons (Fsp3) is 0.0476. The smallest absolute Gasteiger partial charge is 0.264 e. The SMILES string of the molecule is COc1n[nH]c2ncc(C#Cc3c(F)ccc(NS(=O)(=O)c4ccccc4F)c3F)cc12. The van der Waals surface area contributed by atoms with Crippen molar-refractivity contribution in [3.05, 3.63) is 77.2 Å². The van der Waals surface area contributed by atoms with Crippen LogP contribution in [0, 0.1) is 29.3 Å². The van der Waals surface area contributed by atoms with E-state index in [9.17, 15) is 21.6 Å². The molecule has 0 saturated carbocycles. The van der Waals surface area contributed by atoms with Gasteiger partial charge in [0, 0.05) is 11.8 Å². The van der Waals surface area contributed by atoms with Gasteiger partial charge in [-0.2, -0.15) is 0 Å². The Morgan fingerprint density at radius 2 is 1.84 bits per heavy atom. The molecule has 0 aliphatic rings. The quantitative estimate of drug-likeness (QED) is 0.456. The van der Waals surface area contributed by atoms with Crippen LogP contribution < -0.4 is 9.46 Å². The molecule has 7 nitrogen and oxygen atoms in total. The second kappa shape index (κ2) is 8.24. The molecule has 0 fully saturated rings. The van der Waals surface area contributed by atoms with Crippen molar-refractivity contribution in [3.8, 4) is 17.7 Å². The number of fused-ring (bicyclic) bond motifs is 1. The second-order valence-electron chi connectivity index (χ2n) is 6.42. The number of rotatable bonds is 4. The van der Waals surface area contributed by atoms with Crippen LogP contribution in [0.5, 0.6) is 5.88 Å². The van der Waals surface area contributed by atoms with Gasteiger partial charge in [0.05, 0.1) is 23.7 Å². The fourth-order valence-corrected chi connectivity index (χ4v) is 3.99. The molecule has 162 valence electrons. The molecule has 0 atom stereocenters. The van der Waals surface area contributed by atoms with Gasteiger partial charge in [-0.25, -0.2) is 26.6 Å². The van der Waals surface area contributed by atoms with Crippen molar-refractivity contribution in [2.45, 2.75) is 4.90 Å². The molecular weight excluding hydrogens is 445 g/mol. The molecule has 0 amide bonds. The molecule has 0 aliphatic carbocycles. The van der Waals surface area contributed by atoms with Crippen LogP contribution in [0.4, 0.5) is 18.9 Å². The Morgan fingerprint density at radius 3 is 2.59 bits per heavy atom. The third-order valence-corrected chi connectivity index (χ3v) is 5.77. The summed E-state index contributed by atoms with van der Waals surface area (Å²) in [4.78, 5) is 3.42. The first-order valence-electron chi connectivity index (χ1n) is 8.95. The average molecular weight is 458 g/mol. The van der Waals surface area contributed by atoms with E-state index in [1.54, 1.807) is 6.07 Å². The van der Waals surface area contributed by atoms with E-state index in [0.29, 0.717) is 16.6 Å². The zero-order valence-electron chi connectivity index (χ0n) is 16.3. The van der Waals surface area contributed by atoms with Crippen LogP contribution in [-0.2, 0) is 10.0 Å². The number of pyridine rings is 1. The van der Waals surface area contributed by atoms with Crippen LogP contribution in [0.1, 0.15) is 11.1 Å². The number of ether oxygens (including phenoxy) is 1. The summed E-state index contributed by atoms with van der Waals surface area (Å²) in [5.74, 6) is 1.95. The van der Waals surface area contributed by atoms with Crippen LogP contribution in [0.2, 0.25) is 0 Å². The van der Waals surface area contributed by atoms with Crippen LogP contribution in [0.15, 0.2) is 53.6 Å². The van der Waals surface area contributed by atoms with E-state index in [0.717, 1.165) is 24.3 Å². The van der Waals surface area contributed by atoms with Gasteiger partial charge in [-0.3, -0.25) is 9.82 Å². The summed E-state index contributed by atoms with van der Waals surface area (Å²) in [6.07, 6.45) is 1.37. The number of nitrogens with zero attached hydrogens (tertiary/aromatic N) is 2. The van der Waals surface area contributed by atoms with Crippen molar-refractivity contribution in [2.24, 2.45) is 0 Å². The van der Waals surface area contributed by atoms with E-state index in [1.807, 2.05) is 4.72 Å². The minimum atomic E-state index is -4.46. The maximum Gasteiger partial charge on any atom is 0.264 e. The van der Waals surface area contributed by atoms with Gasteiger partial charge in [0.2, 0.25) is 5.88 Å². The van der Waals surface area contributed by atoms with E-state index in [2.05, 4.69) is 27.0 Å². The van der Waals surface area contributed by atoms with Gasteiger partial charge in [-0.15, -0.1) is 5.10 Å². The molecule has 2 N–H and O–H groups in total. The largest absolute Gasteiger partial charge is 0.479 e. The number of hydrogen-bond acceptors (Lipinski definition) is 5. The van der Waals surface area contributed by atoms with Gasteiger partial charge in [-0.05, 0) is 30.3 Å². The first-order chi connectivity index (χ1) is 15.3. The maximum absolute atomic E-state index is 14.9. The summed E-state index contributed by atoms with van der Waals surface area (Å²) in [6.45, 7) is 0. The van der Waals surface area contributed by atoms with Crippen LogP contribution in [0.3, 0.4) is 0 Å². The lowest BCUT2D eigenvalue weighted by Crippen LogP contribution is -2.16. The first kappa shape index (κ1) is 21.2. The molecule has 4 aromatic rings. The molecule has 2 heterocycles. The van der Waals surface area contributed by atoms with E-state index < -0.39 is 43.6 Å². The summed E-state index contributed by atoms with van der Waals surface area (Å²) in [5.41, 5.74) is -0.496. The molecule has 0 aliphatic heterocycles. The van der Waals surface area contributed by atoms with Gasteiger partial charge < -0.3 is 4.74 Å². The highest BCUT2D eigenvalue weighted by Crippen LogP contribution is 2.25. The Kier molecular flexibility index (Phi) is 5.46. The molecule has 4 rings (SSSR count). The molecule has 0 radical (unpaired) electrons. The third-order valence-electron chi connectivity index (χ3n) is 4.37. The van der Waals surface area contributed by atoms with Crippen molar-refractivity contribution in [2.75, 3.05) is 11.8 Å². The minimum Gasteiger partial charge on any atom is -0.479 e. The highest BCUT2D eigenvalue weighted by atomic mass is 32.2. The van der Waals surface area contributed by atoms with Crippen LogP contribution in [-0.4, -0.2) is 30.7 Å². The van der Waals surface area contributed by atoms with Gasteiger partial charge in [-0.1, -0.05) is 24.0 Å². The van der Waals surface area contributed by atoms with Crippen LogP contribution >= 0.6 is 0 Å². The van der Waals surface area contributed by atoms with Crippen LogP contribution in [0.25, 0.3) is 11.0 Å². The highest BCUT2D eigenvalue weighted by molar-refractivity contribution is 7.92. The van der Waals surface area contributed by atoms with Gasteiger partial charge in [0.25, 0.3) is 10.0 Å². The Labute approximate surface area is 180 Å². The Bertz CT molecular complexity index is 1510.